The van der Waals surface area contributed by atoms with Crippen LogP contribution >= 0.6 is 0 Å². The lowest BCUT2D eigenvalue weighted by molar-refractivity contribution is 0.0104. The van der Waals surface area contributed by atoms with Gasteiger partial charge in [-0.25, -0.2) is 9.78 Å². The monoisotopic (exact) mass is 547 g/mol. The second-order valence-corrected chi connectivity index (χ2v) is 10.6. The molecule has 2 N–H and O–H groups in total. The standard InChI is InChI=1S/C28H33N7O5/c1-28(2,3)40-27(37)34-15-20(16-34)29-25-12-7-19-13-22(10-11-23(19)30-25)39-17-24(36)26-31-33-35(32-26)14-18-5-8-21(38-4)9-6-18/h5-13,20,24,36H,14-17H2,1-4H3,(H,29,30). The van der Waals surface area contributed by atoms with Crippen LogP contribution in [0.25, 0.3) is 10.9 Å². The van der Waals surface area contributed by atoms with Crippen LogP contribution in [0, 0.1) is 0 Å². The molecule has 0 aliphatic carbocycles. The summed E-state index contributed by atoms with van der Waals surface area (Å²) in [5, 5.41) is 27.0. The Balaban J connectivity index is 1.11. The van der Waals surface area contributed by atoms with E-state index in [2.05, 4.69) is 25.7 Å². The van der Waals surface area contributed by atoms with Crippen LogP contribution in [-0.4, -0.2) is 79.7 Å². The van der Waals surface area contributed by atoms with E-state index in [1.807, 2.05) is 69.3 Å². The minimum absolute atomic E-state index is 0.0252. The molecule has 0 bridgehead atoms. The molecule has 5 rings (SSSR count). The normalized spacial score (nSPS) is 14.5. The van der Waals surface area contributed by atoms with Gasteiger partial charge in [0, 0.05) is 18.5 Å². The summed E-state index contributed by atoms with van der Waals surface area (Å²) >= 11 is 0. The van der Waals surface area contributed by atoms with Gasteiger partial charge < -0.3 is 29.5 Å². The van der Waals surface area contributed by atoms with Gasteiger partial charge in [-0.2, -0.15) is 4.80 Å². The number of benzene rings is 2. The molecule has 1 aliphatic rings. The van der Waals surface area contributed by atoms with E-state index in [9.17, 15) is 9.90 Å². The van der Waals surface area contributed by atoms with Gasteiger partial charge in [-0.05, 0) is 74.0 Å². The number of ether oxygens (including phenoxy) is 3. The molecule has 3 heterocycles. The van der Waals surface area contributed by atoms with E-state index >= 15 is 0 Å². The summed E-state index contributed by atoms with van der Waals surface area (Å²) < 4.78 is 16.4. The van der Waals surface area contributed by atoms with Gasteiger partial charge in [0.25, 0.3) is 0 Å². The Morgan fingerprint density at radius 2 is 1.85 bits per heavy atom. The fourth-order valence-corrected chi connectivity index (χ4v) is 4.13. The maximum absolute atomic E-state index is 12.1. The Kier molecular flexibility index (Phi) is 7.69. The fourth-order valence-electron chi connectivity index (χ4n) is 4.13. The highest BCUT2D eigenvalue weighted by atomic mass is 16.6. The van der Waals surface area contributed by atoms with Crippen molar-refractivity contribution in [3.05, 3.63) is 66.0 Å². The van der Waals surface area contributed by atoms with Gasteiger partial charge >= 0.3 is 6.09 Å². The third-order valence-corrected chi connectivity index (χ3v) is 6.20. The van der Waals surface area contributed by atoms with Crippen LogP contribution in [0.2, 0.25) is 0 Å². The lowest BCUT2D eigenvalue weighted by atomic mass is 10.1. The van der Waals surface area contributed by atoms with E-state index < -0.39 is 11.7 Å². The van der Waals surface area contributed by atoms with Crippen LogP contribution < -0.4 is 14.8 Å². The smallest absolute Gasteiger partial charge is 0.410 e. The van der Waals surface area contributed by atoms with Gasteiger partial charge in [0.05, 0.1) is 25.2 Å². The van der Waals surface area contributed by atoms with E-state index in [0.29, 0.717) is 25.4 Å². The number of tetrazole rings is 1. The maximum Gasteiger partial charge on any atom is 0.410 e. The topological polar surface area (TPSA) is 137 Å². The number of anilines is 1. The summed E-state index contributed by atoms with van der Waals surface area (Å²) in [6, 6.07) is 17.0. The van der Waals surface area contributed by atoms with Crippen LogP contribution in [0.3, 0.4) is 0 Å². The first-order valence-corrected chi connectivity index (χ1v) is 13.0. The molecule has 12 heteroatoms. The van der Waals surface area contributed by atoms with E-state index in [0.717, 1.165) is 28.0 Å². The van der Waals surface area contributed by atoms with Crippen LogP contribution in [0.1, 0.15) is 38.3 Å². The van der Waals surface area contributed by atoms with Crippen molar-refractivity contribution in [3.8, 4) is 11.5 Å². The van der Waals surface area contributed by atoms with Crippen molar-refractivity contribution in [2.75, 3.05) is 32.1 Å². The lowest BCUT2D eigenvalue weighted by Crippen LogP contribution is -2.58. The molecule has 2 aromatic carbocycles. The van der Waals surface area contributed by atoms with Gasteiger partial charge in [-0.3, -0.25) is 0 Å². The van der Waals surface area contributed by atoms with Crippen LogP contribution in [-0.2, 0) is 11.3 Å². The third-order valence-electron chi connectivity index (χ3n) is 6.20. The number of likely N-dealkylation sites (tertiary alicyclic amines) is 1. The Labute approximate surface area is 231 Å². The predicted octanol–water partition coefficient (Wildman–Crippen LogP) is 3.42. The van der Waals surface area contributed by atoms with Crippen LogP contribution in [0.15, 0.2) is 54.6 Å². The molecule has 1 amide bonds. The van der Waals surface area contributed by atoms with Crippen molar-refractivity contribution in [1.29, 1.82) is 0 Å². The first-order valence-electron chi connectivity index (χ1n) is 13.0. The summed E-state index contributed by atoms with van der Waals surface area (Å²) in [6.07, 6.45) is -1.34. The highest BCUT2D eigenvalue weighted by Gasteiger charge is 2.33. The average molecular weight is 548 g/mol. The summed E-state index contributed by atoms with van der Waals surface area (Å²) in [5.41, 5.74) is 1.27. The molecule has 2 aromatic heterocycles. The zero-order chi connectivity index (χ0) is 28.3. The van der Waals surface area contributed by atoms with E-state index in [-0.39, 0.29) is 24.6 Å². The van der Waals surface area contributed by atoms with E-state index in [4.69, 9.17) is 14.2 Å². The number of hydrogen-bond acceptors (Lipinski definition) is 10. The number of aliphatic hydroxyl groups is 1. The number of carbonyl (C=O) groups excluding carboxylic acids is 1. The Hall–Kier alpha value is -4.45. The van der Waals surface area contributed by atoms with Crippen LogP contribution in [0.5, 0.6) is 11.5 Å². The van der Waals surface area contributed by atoms with Gasteiger partial charge in [0.15, 0.2) is 6.10 Å². The first kappa shape index (κ1) is 27.1. The number of aromatic nitrogens is 5. The largest absolute Gasteiger partial charge is 0.497 e. The second-order valence-electron chi connectivity index (χ2n) is 10.6. The van der Waals surface area contributed by atoms with Crippen molar-refractivity contribution in [2.45, 2.75) is 45.1 Å². The number of nitrogens with one attached hydrogen (secondary N) is 1. The lowest BCUT2D eigenvalue weighted by Gasteiger charge is -2.40. The molecule has 1 fully saturated rings. The minimum atomic E-state index is -1.03. The quantitative estimate of drug-likeness (QED) is 0.321. The fraction of sp³-hybridized carbons (Fsp3) is 0.393. The molecular weight excluding hydrogens is 514 g/mol. The molecule has 1 saturated heterocycles. The van der Waals surface area contributed by atoms with Crippen molar-refractivity contribution in [2.24, 2.45) is 0 Å². The van der Waals surface area contributed by atoms with Gasteiger partial charge in [0.2, 0.25) is 5.82 Å². The molecule has 210 valence electrons. The zero-order valence-corrected chi connectivity index (χ0v) is 22.9. The number of pyridine rings is 1. The number of aliphatic hydroxyl groups excluding tert-OH is 1. The number of carbonyl (C=O) groups is 1. The van der Waals surface area contributed by atoms with Crippen molar-refractivity contribution in [3.63, 3.8) is 0 Å². The van der Waals surface area contributed by atoms with E-state index in [1.165, 1.54) is 4.80 Å². The number of rotatable bonds is 9. The van der Waals surface area contributed by atoms with Gasteiger partial charge in [0.1, 0.15) is 29.5 Å². The molecule has 0 saturated carbocycles. The number of nitrogens with zero attached hydrogens (tertiary/aromatic N) is 6. The maximum atomic E-state index is 12.1. The van der Waals surface area contributed by atoms with Crippen molar-refractivity contribution < 1.29 is 24.1 Å². The first-order chi connectivity index (χ1) is 19.1. The third kappa shape index (κ3) is 6.75. The number of fused-ring (bicyclic) bond motifs is 1. The second kappa shape index (κ2) is 11.3. The molecule has 1 unspecified atom stereocenters. The number of hydrogen-bond donors (Lipinski definition) is 2. The highest BCUT2D eigenvalue weighted by molar-refractivity contribution is 5.81. The summed E-state index contributed by atoms with van der Waals surface area (Å²) in [6.45, 7) is 7.08. The Morgan fingerprint density at radius 1 is 1.10 bits per heavy atom. The number of amides is 1. The van der Waals surface area contributed by atoms with Gasteiger partial charge in [-0.15, -0.1) is 10.2 Å². The molecule has 40 heavy (non-hydrogen) atoms. The van der Waals surface area contributed by atoms with Crippen LogP contribution in [0.4, 0.5) is 10.6 Å². The minimum Gasteiger partial charge on any atom is -0.497 e. The Bertz CT molecular complexity index is 1460. The molecule has 1 aliphatic heterocycles. The number of methoxy groups -OCH3 is 1. The summed E-state index contributed by atoms with van der Waals surface area (Å²) in [4.78, 5) is 19.9. The summed E-state index contributed by atoms with van der Waals surface area (Å²) in [5.74, 6) is 2.28. The van der Waals surface area contributed by atoms with Crippen molar-refractivity contribution in [1.82, 2.24) is 30.1 Å². The van der Waals surface area contributed by atoms with Crippen molar-refractivity contribution >= 4 is 22.8 Å². The zero-order valence-electron chi connectivity index (χ0n) is 22.9. The van der Waals surface area contributed by atoms with E-state index in [1.54, 1.807) is 18.1 Å². The average Bonchev–Trinajstić information content (AvgIpc) is 3.37. The summed E-state index contributed by atoms with van der Waals surface area (Å²) in [7, 11) is 1.62. The Morgan fingerprint density at radius 3 is 2.58 bits per heavy atom. The molecule has 1 atom stereocenters. The SMILES string of the molecule is COc1ccc(Cn2nnc(C(O)COc3ccc4nc(NC5CN(C(=O)OC(C)(C)C)C5)ccc4c3)n2)cc1. The molecule has 0 radical (unpaired) electrons. The highest BCUT2D eigenvalue weighted by Crippen LogP contribution is 2.24. The molecule has 4 aromatic rings. The molecule has 12 nitrogen and oxygen atoms in total. The molecule has 0 spiro atoms. The molecular formula is C28H33N7O5. The van der Waals surface area contributed by atoms with Gasteiger partial charge in [-0.1, -0.05) is 12.1 Å². The predicted molar refractivity (Wildman–Crippen MR) is 147 cm³/mol.